The van der Waals surface area contributed by atoms with Crippen LogP contribution in [-0.4, -0.2) is 45.4 Å². The molecule has 3 rings (SSSR count). The van der Waals surface area contributed by atoms with Crippen molar-refractivity contribution in [2.75, 3.05) is 43.1 Å². The highest BCUT2D eigenvalue weighted by atomic mass is 19.3. The van der Waals surface area contributed by atoms with Crippen LogP contribution in [0.15, 0.2) is 42.5 Å². The van der Waals surface area contributed by atoms with E-state index in [9.17, 15) is 18.0 Å². The van der Waals surface area contributed by atoms with Gasteiger partial charge in [-0.15, -0.1) is 0 Å². The van der Waals surface area contributed by atoms with Crippen LogP contribution < -0.4 is 19.7 Å². The second kappa shape index (κ2) is 10.7. The summed E-state index contributed by atoms with van der Waals surface area (Å²) < 4.78 is 54.4. The molecule has 1 fully saturated rings. The van der Waals surface area contributed by atoms with Crippen LogP contribution >= 0.6 is 0 Å². The minimum absolute atomic E-state index is 0.0886. The molecule has 1 aliphatic heterocycles. The molecule has 1 heterocycles. The van der Waals surface area contributed by atoms with Gasteiger partial charge in [-0.25, -0.2) is 4.39 Å². The van der Waals surface area contributed by atoms with Gasteiger partial charge in [0.2, 0.25) is 5.91 Å². The zero-order valence-corrected chi connectivity index (χ0v) is 16.9. The lowest BCUT2D eigenvalue weighted by molar-refractivity contribution is -0.111. The number of morpholine rings is 1. The van der Waals surface area contributed by atoms with Crippen LogP contribution in [0.1, 0.15) is 12.5 Å². The van der Waals surface area contributed by atoms with Crippen molar-refractivity contribution in [2.24, 2.45) is 0 Å². The molecule has 2 aromatic rings. The lowest BCUT2D eigenvalue weighted by atomic mass is 10.2. The number of hydrogen-bond donors (Lipinski definition) is 1. The highest BCUT2D eigenvalue weighted by Crippen LogP contribution is 2.30. The molecule has 166 valence electrons. The van der Waals surface area contributed by atoms with Crippen LogP contribution in [0.3, 0.4) is 0 Å². The number of carbonyl (C=O) groups is 1. The van der Waals surface area contributed by atoms with Gasteiger partial charge in [0.1, 0.15) is 5.82 Å². The molecule has 1 amide bonds. The molecule has 6 nitrogen and oxygen atoms in total. The largest absolute Gasteiger partial charge is 0.490 e. The zero-order chi connectivity index (χ0) is 22.2. The van der Waals surface area contributed by atoms with Crippen LogP contribution in [0.5, 0.6) is 11.5 Å². The predicted octanol–water partition coefficient (Wildman–Crippen LogP) is 4.31. The quantitative estimate of drug-likeness (QED) is 0.625. The van der Waals surface area contributed by atoms with E-state index in [1.165, 1.54) is 36.4 Å². The number of halogens is 3. The Balaban J connectivity index is 1.64. The van der Waals surface area contributed by atoms with Crippen LogP contribution in [0.4, 0.5) is 24.5 Å². The molecule has 1 N–H and O–H groups in total. The van der Waals surface area contributed by atoms with Gasteiger partial charge in [-0.3, -0.25) is 4.79 Å². The molecule has 31 heavy (non-hydrogen) atoms. The first-order chi connectivity index (χ1) is 15.0. The molecular formula is C22H23F3N2O4. The smallest absolute Gasteiger partial charge is 0.387 e. The number of nitrogens with zero attached hydrogens (tertiary/aromatic N) is 1. The Kier molecular flexibility index (Phi) is 7.77. The van der Waals surface area contributed by atoms with E-state index in [1.54, 1.807) is 19.1 Å². The molecule has 0 radical (unpaired) electrons. The van der Waals surface area contributed by atoms with E-state index in [1.807, 2.05) is 4.90 Å². The number of anilines is 2. The molecule has 1 saturated heterocycles. The summed E-state index contributed by atoms with van der Waals surface area (Å²) in [5, 5.41) is 2.60. The molecule has 0 saturated carbocycles. The van der Waals surface area contributed by atoms with E-state index in [0.717, 1.165) is 0 Å². The first-order valence-electron chi connectivity index (χ1n) is 9.79. The molecular weight excluding hydrogens is 413 g/mol. The summed E-state index contributed by atoms with van der Waals surface area (Å²) >= 11 is 0. The van der Waals surface area contributed by atoms with Crippen molar-refractivity contribution < 1.29 is 32.2 Å². The summed E-state index contributed by atoms with van der Waals surface area (Å²) in [4.78, 5) is 14.1. The third-order valence-corrected chi connectivity index (χ3v) is 4.48. The molecule has 0 aliphatic carbocycles. The Morgan fingerprint density at radius 1 is 1.19 bits per heavy atom. The van der Waals surface area contributed by atoms with Crippen molar-refractivity contribution in [3.8, 4) is 11.5 Å². The molecule has 0 aromatic heterocycles. The molecule has 1 aliphatic rings. The first-order valence-corrected chi connectivity index (χ1v) is 9.79. The zero-order valence-electron chi connectivity index (χ0n) is 16.9. The van der Waals surface area contributed by atoms with E-state index < -0.39 is 18.3 Å². The number of nitrogens with one attached hydrogen (secondary N) is 1. The number of amides is 1. The van der Waals surface area contributed by atoms with Crippen LogP contribution in [0.2, 0.25) is 0 Å². The van der Waals surface area contributed by atoms with Gasteiger partial charge in [0.05, 0.1) is 25.5 Å². The fourth-order valence-corrected chi connectivity index (χ4v) is 3.09. The summed E-state index contributed by atoms with van der Waals surface area (Å²) in [6, 6.07) is 8.86. The maximum absolute atomic E-state index is 14.5. The highest BCUT2D eigenvalue weighted by Gasteiger charge is 2.15. The number of benzene rings is 2. The predicted molar refractivity (Wildman–Crippen MR) is 111 cm³/mol. The van der Waals surface area contributed by atoms with Gasteiger partial charge >= 0.3 is 6.61 Å². The lowest BCUT2D eigenvalue weighted by Crippen LogP contribution is -2.36. The average molecular weight is 436 g/mol. The molecule has 2 aromatic carbocycles. The van der Waals surface area contributed by atoms with Crippen molar-refractivity contribution in [2.45, 2.75) is 13.5 Å². The fourth-order valence-electron chi connectivity index (χ4n) is 3.09. The highest BCUT2D eigenvalue weighted by molar-refractivity contribution is 6.02. The van der Waals surface area contributed by atoms with Gasteiger partial charge in [0.25, 0.3) is 0 Å². The fraction of sp³-hybridized carbons (Fsp3) is 0.318. The SMILES string of the molecule is CCOc1cc(/C=C/C(=O)Nc2ccc(N3CCOCC3)c(F)c2)ccc1OC(F)F. The van der Waals surface area contributed by atoms with Gasteiger partial charge in [0, 0.05) is 24.9 Å². The van der Waals surface area contributed by atoms with Gasteiger partial charge in [0.15, 0.2) is 11.5 Å². The second-order valence-corrected chi connectivity index (χ2v) is 6.61. The van der Waals surface area contributed by atoms with Crippen LogP contribution in [0, 0.1) is 5.82 Å². The van der Waals surface area contributed by atoms with E-state index in [-0.39, 0.29) is 18.1 Å². The van der Waals surface area contributed by atoms with Crippen LogP contribution in [-0.2, 0) is 9.53 Å². The Morgan fingerprint density at radius 3 is 2.65 bits per heavy atom. The van der Waals surface area contributed by atoms with Crippen molar-refractivity contribution in [3.05, 3.63) is 53.9 Å². The molecule has 9 heteroatoms. The molecule has 0 atom stereocenters. The van der Waals surface area contributed by atoms with Crippen molar-refractivity contribution in [1.82, 2.24) is 0 Å². The third-order valence-electron chi connectivity index (χ3n) is 4.48. The van der Waals surface area contributed by atoms with Crippen molar-refractivity contribution >= 4 is 23.4 Å². The number of carbonyl (C=O) groups excluding carboxylic acids is 1. The number of hydrogen-bond acceptors (Lipinski definition) is 5. The number of ether oxygens (including phenoxy) is 3. The van der Waals surface area contributed by atoms with E-state index in [2.05, 4.69) is 10.1 Å². The van der Waals surface area contributed by atoms with Crippen molar-refractivity contribution in [1.29, 1.82) is 0 Å². The second-order valence-electron chi connectivity index (χ2n) is 6.61. The van der Waals surface area contributed by atoms with Crippen molar-refractivity contribution in [3.63, 3.8) is 0 Å². The van der Waals surface area contributed by atoms with E-state index >= 15 is 0 Å². The normalized spacial score (nSPS) is 14.2. The minimum atomic E-state index is -2.97. The van der Waals surface area contributed by atoms with Gasteiger partial charge < -0.3 is 24.4 Å². The minimum Gasteiger partial charge on any atom is -0.490 e. The summed E-state index contributed by atoms with van der Waals surface area (Å²) in [6.07, 6.45) is 2.74. The van der Waals surface area contributed by atoms with E-state index in [4.69, 9.17) is 9.47 Å². The maximum Gasteiger partial charge on any atom is 0.387 e. The Hall–Kier alpha value is -3.20. The summed E-state index contributed by atoms with van der Waals surface area (Å²) in [5.74, 6) is -0.843. The maximum atomic E-state index is 14.5. The Bertz CT molecular complexity index is 931. The third kappa shape index (κ3) is 6.39. The topological polar surface area (TPSA) is 60.0 Å². The van der Waals surface area contributed by atoms with Gasteiger partial charge in [-0.05, 0) is 48.9 Å². The van der Waals surface area contributed by atoms with Gasteiger partial charge in [-0.1, -0.05) is 6.07 Å². The summed E-state index contributed by atoms with van der Waals surface area (Å²) in [6.45, 7) is 1.31. The standard InChI is InChI=1S/C22H23F3N2O4/c1-2-30-20-13-15(3-7-19(20)31-22(24)25)4-8-21(28)26-16-5-6-18(17(23)14-16)27-9-11-29-12-10-27/h3-8,13-14,22H,2,9-12H2,1H3,(H,26,28)/b8-4+. The Labute approximate surface area is 178 Å². The first kappa shape index (κ1) is 22.5. The van der Waals surface area contributed by atoms with E-state index in [0.29, 0.717) is 43.2 Å². The molecule has 0 spiro atoms. The Morgan fingerprint density at radius 2 is 1.97 bits per heavy atom. The molecule has 0 bridgehead atoms. The van der Waals surface area contributed by atoms with Crippen LogP contribution in [0.25, 0.3) is 6.08 Å². The monoisotopic (exact) mass is 436 g/mol. The summed E-state index contributed by atoms with van der Waals surface area (Å²) in [5.41, 5.74) is 1.33. The summed E-state index contributed by atoms with van der Waals surface area (Å²) in [7, 11) is 0. The average Bonchev–Trinajstić information content (AvgIpc) is 2.74. The number of alkyl halides is 2. The lowest BCUT2D eigenvalue weighted by Gasteiger charge is -2.29. The van der Waals surface area contributed by atoms with Gasteiger partial charge in [-0.2, -0.15) is 8.78 Å². The number of rotatable bonds is 8. The molecule has 0 unspecified atom stereocenters.